The lowest BCUT2D eigenvalue weighted by molar-refractivity contribution is -0.337. The van der Waals surface area contributed by atoms with Crippen LogP contribution in [0.25, 0.3) is 0 Å². The Bertz CT molecular complexity index is 354. The monoisotopic (exact) mass is 322 g/mol. The van der Waals surface area contributed by atoms with Crippen LogP contribution in [0.4, 0.5) is 0 Å². The standard InChI is InChI=1S/C14H26O8/c1-6-10(16)13(19-4)11(17)14(21-6)22-12-7(2)20-9(15)5-8(12)18-3/h6-17H,5H2,1-4H3/t6-,7?,8?,9?,10-,11-,12?,13-,14+/m1/s1. The molecular formula is C14H26O8. The summed E-state index contributed by atoms with van der Waals surface area (Å²) in [6, 6.07) is 0. The van der Waals surface area contributed by atoms with Gasteiger partial charge in [-0.15, -0.1) is 0 Å². The fraction of sp³-hybridized carbons (Fsp3) is 1.00. The zero-order valence-corrected chi connectivity index (χ0v) is 13.3. The third-order valence-corrected chi connectivity index (χ3v) is 4.28. The summed E-state index contributed by atoms with van der Waals surface area (Å²) in [6.45, 7) is 3.43. The van der Waals surface area contributed by atoms with E-state index in [0.29, 0.717) is 0 Å². The summed E-state index contributed by atoms with van der Waals surface area (Å²) in [7, 11) is 2.93. The molecule has 4 unspecified atom stereocenters. The number of hydrogen-bond acceptors (Lipinski definition) is 8. The van der Waals surface area contributed by atoms with E-state index in [1.54, 1.807) is 13.8 Å². The van der Waals surface area contributed by atoms with Crippen LogP contribution in [0.1, 0.15) is 20.3 Å². The molecule has 8 nitrogen and oxygen atoms in total. The molecule has 8 heteroatoms. The van der Waals surface area contributed by atoms with Crippen LogP contribution < -0.4 is 0 Å². The lowest BCUT2D eigenvalue weighted by Gasteiger charge is -2.44. The first kappa shape index (κ1) is 18.0. The lowest BCUT2D eigenvalue weighted by atomic mass is 9.98. The van der Waals surface area contributed by atoms with Gasteiger partial charge in [0.2, 0.25) is 0 Å². The van der Waals surface area contributed by atoms with E-state index in [9.17, 15) is 15.3 Å². The van der Waals surface area contributed by atoms with Crippen molar-refractivity contribution in [1.82, 2.24) is 0 Å². The Morgan fingerprint density at radius 3 is 2.14 bits per heavy atom. The fourth-order valence-corrected chi connectivity index (χ4v) is 2.99. The average Bonchev–Trinajstić information content (AvgIpc) is 2.47. The molecule has 2 rings (SSSR count). The summed E-state index contributed by atoms with van der Waals surface area (Å²) in [5.41, 5.74) is 0. The average molecular weight is 322 g/mol. The summed E-state index contributed by atoms with van der Waals surface area (Å²) >= 11 is 0. The maximum absolute atomic E-state index is 10.3. The van der Waals surface area contributed by atoms with Gasteiger partial charge >= 0.3 is 0 Å². The third-order valence-electron chi connectivity index (χ3n) is 4.28. The van der Waals surface area contributed by atoms with Crippen LogP contribution in [0.2, 0.25) is 0 Å². The first-order valence-electron chi connectivity index (χ1n) is 7.45. The molecule has 2 heterocycles. The highest BCUT2D eigenvalue weighted by molar-refractivity contribution is 4.90. The molecule has 0 aromatic rings. The molecule has 0 bridgehead atoms. The van der Waals surface area contributed by atoms with Gasteiger partial charge < -0.3 is 39.0 Å². The number of aliphatic hydroxyl groups excluding tert-OH is 3. The first-order chi connectivity index (χ1) is 10.4. The second-order valence-electron chi connectivity index (χ2n) is 5.80. The Labute approximate surface area is 129 Å². The largest absolute Gasteiger partial charge is 0.388 e. The van der Waals surface area contributed by atoms with Crippen LogP contribution in [0.3, 0.4) is 0 Å². The van der Waals surface area contributed by atoms with Gasteiger partial charge in [-0.25, -0.2) is 0 Å². The van der Waals surface area contributed by atoms with Crippen LogP contribution in [0.5, 0.6) is 0 Å². The molecule has 2 saturated heterocycles. The molecule has 0 aromatic carbocycles. The smallest absolute Gasteiger partial charge is 0.187 e. The van der Waals surface area contributed by atoms with Gasteiger partial charge in [-0.3, -0.25) is 0 Å². The maximum atomic E-state index is 10.3. The predicted octanol–water partition coefficient (Wildman–Crippen LogP) is -1.00. The number of hydrogen-bond donors (Lipinski definition) is 3. The first-order valence-corrected chi connectivity index (χ1v) is 7.45. The molecule has 0 spiro atoms. The minimum absolute atomic E-state index is 0.264. The quantitative estimate of drug-likeness (QED) is 0.605. The van der Waals surface area contributed by atoms with Gasteiger partial charge in [-0.05, 0) is 13.8 Å². The van der Waals surface area contributed by atoms with Gasteiger partial charge in [0.05, 0.1) is 18.3 Å². The molecule has 22 heavy (non-hydrogen) atoms. The topological polar surface area (TPSA) is 107 Å². The van der Waals surface area contributed by atoms with Gasteiger partial charge in [-0.1, -0.05) is 0 Å². The van der Waals surface area contributed by atoms with Gasteiger partial charge in [0.25, 0.3) is 0 Å². The van der Waals surface area contributed by atoms with Crippen molar-refractivity contribution >= 4 is 0 Å². The molecular weight excluding hydrogens is 296 g/mol. The molecule has 0 aliphatic carbocycles. The summed E-state index contributed by atoms with van der Waals surface area (Å²) in [5, 5.41) is 29.9. The minimum atomic E-state index is -1.15. The fourth-order valence-electron chi connectivity index (χ4n) is 2.99. The molecule has 2 aliphatic rings. The van der Waals surface area contributed by atoms with E-state index < -0.39 is 55.3 Å². The second kappa shape index (κ2) is 7.50. The normalized spacial score (nSPS) is 50.0. The van der Waals surface area contributed by atoms with Gasteiger partial charge in [0.15, 0.2) is 12.6 Å². The van der Waals surface area contributed by atoms with Crippen LogP contribution in [-0.2, 0) is 23.7 Å². The van der Waals surface area contributed by atoms with Crippen molar-refractivity contribution in [3.63, 3.8) is 0 Å². The molecule has 9 atom stereocenters. The molecule has 0 saturated carbocycles. The molecule has 2 aliphatic heterocycles. The van der Waals surface area contributed by atoms with Crippen molar-refractivity contribution in [2.45, 2.75) is 75.6 Å². The van der Waals surface area contributed by atoms with Crippen LogP contribution in [0.15, 0.2) is 0 Å². The number of methoxy groups -OCH3 is 2. The number of aliphatic hydroxyl groups is 3. The van der Waals surface area contributed by atoms with E-state index >= 15 is 0 Å². The Balaban J connectivity index is 2.07. The van der Waals surface area contributed by atoms with Crippen molar-refractivity contribution in [2.24, 2.45) is 0 Å². The molecule has 0 radical (unpaired) electrons. The lowest BCUT2D eigenvalue weighted by Crippen LogP contribution is -2.60. The Hall–Kier alpha value is -0.320. The van der Waals surface area contributed by atoms with Crippen molar-refractivity contribution < 1.29 is 39.0 Å². The van der Waals surface area contributed by atoms with Crippen molar-refractivity contribution in [3.05, 3.63) is 0 Å². The molecule has 3 N–H and O–H groups in total. The molecule has 0 aromatic heterocycles. The van der Waals surface area contributed by atoms with Crippen LogP contribution >= 0.6 is 0 Å². The SMILES string of the molecule is COC1CC(O)OC(C)C1O[C@@H]1O[C@H](C)[C@@H](O)[C@@H](OC)[C@H]1O. The van der Waals surface area contributed by atoms with E-state index in [1.165, 1.54) is 14.2 Å². The minimum Gasteiger partial charge on any atom is -0.388 e. The number of ether oxygens (including phenoxy) is 5. The number of rotatable bonds is 4. The highest BCUT2D eigenvalue weighted by atomic mass is 16.7. The summed E-state index contributed by atoms with van der Waals surface area (Å²) < 4.78 is 27.2. The highest BCUT2D eigenvalue weighted by Gasteiger charge is 2.47. The van der Waals surface area contributed by atoms with Crippen molar-refractivity contribution in [3.8, 4) is 0 Å². The van der Waals surface area contributed by atoms with E-state index in [1.807, 2.05) is 0 Å². The van der Waals surface area contributed by atoms with Crippen LogP contribution in [-0.4, -0.2) is 84.8 Å². The molecule has 0 amide bonds. The molecule has 2 fully saturated rings. The Morgan fingerprint density at radius 1 is 0.864 bits per heavy atom. The highest BCUT2D eigenvalue weighted by Crippen LogP contribution is 2.29. The summed E-state index contributed by atoms with van der Waals surface area (Å²) in [6.07, 6.45) is -6.42. The third kappa shape index (κ3) is 3.60. The Kier molecular flexibility index (Phi) is 6.14. The van der Waals surface area contributed by atoms with Crippen LogP contribution in [0, 0.1) is 0 Å². The van der Waals surface area contributed by atoms with E-state index in [4.69, 9.17) is 23.7 Å². The van der Waals surface area contributed by atoms with Crippen molar-refractivity contribution in [2.75, 3.05) is 14.2 Å². The zero-order chi connectivity index (χ0) is 16.4. The van der Waals surface area contributed by atoms with Gasteiger partial charge in [0, 0.05) is 20.6 Å². The van der Waals surface area contributed by atoms with E-state index in [-0.39, 0.29) is 6.42 Å². The van der Waals surface area contributed by atoms with E-state index in [2.05, 4.69) is 0 Å². The van der Waals surface area contributed by atoms with Gasteiger partial charge in [-0.2, -0.15) is 0 Å². The predicted molar refractivity (Wildman–Crippen MR) is 74.0 cm³/mol. The van der Waals surface area contributed by atoms with Crippen molar-refractivity contribution in [1.29, 1.82) is 0 Å². The second-order valence-corrected chi connectivity index (χ2v) is 5.80. The molecule has 130 valence electrons. The summed E-state index contributed by atoms with van der Waals surface area (Å²) in [5.74, 6) is 0. The Morgan fingerprint density at radius 2 is 1.55 bits per heavy atom. The zero-order valence-electron chi connectivity index (χ0n) is 13.3. The summed E-state index contributed by atoms with van der Waals surface area (Å²) in [4.78, 5) is 0. The van der Waals surface area contributed by atoms with Gasteiger partial charge in [0.1, 0.15) is 24.4 Å². The van der Waals surface area contributed by atoms with E-state index in [0.717, 1.165) is 0 Å². The maximum Gasteiger partial charge on any atom is 0.187 e.